The van der Waals surface area contributed by atoms with E-state index in [4.69, 9.17) is 14.0 Å². The van der Waals surface area contributed by atoms with E-state index in [9.17, 15) is 5.11 Å². The molecule has 1 N–H and O–H groups in total. The second-order valence-electron chi connectivity index (χ2n) is 3.33. The molecule has 0 saturated carbocycles. The average molecular weight is 284 g/mol. The van der Waals surface area contributed by atoms with Crippen LogP contribution in [0.2, 0.25) is 0 Å². The van der Waals surface area contributed by atoms with Crippen LogP contribution in [0.15, 0.2) is 24.3 Å². The molecule has 0 saturated heterocycles. The van der Waals surface area contributed by atoms with Gasteiger partial charge in [-0.1, -0.05) is 31.2 Å². The summed E-state index contributed by atoms with van der Waals surface area (Å²) in [6, 6.07) is 8.13. The maximum Gasteiger partial charge on any atom is 0 e. The first-order valence-corrected chi connectivity index (χ1v) is 4.66. The van der Waals surface area contributed by atoms with Gasteiger partial charge in [-0.2, -0.15) is 0 Å². The molecule has 0 unspecified atom stereocenters. The van der Waals surface area contributed by atoms with Crippen LogP contribution < -0.4 is 0 Å². The van der Waals surface area contributed by atoms with Crippen LogP contribution in [0.25, 0.3) is 0 Å². The number of benzene rings is 1. The molecule has 5 heteroatoms. The smallest absolute Gasteiger partial charge is 0 e. The standard InChI is InChI=1S/C10H12O.3CO.Cr/c1-7-6-8-4-2-3-5-9(8)10(7)11;3*1-2;/h2-5,7,10-11H,6H2,1H3;;;;/t7-,10+;;;;/m1..../s1. The van der Waals surface area contributed by atoms with Crippen molar-refractivity contribution in [1.82, 2.24) is 0 Å². The van der Waals surface area contributed by atoms with E-state index in [1.54, 1.807) is 0 Å². The third-order valence-electron chi connectivity index (χ3n) is 2.45. The predicted molar refractivity (Wildman–Crippen MR) is 56.1 cm³/mol. The molecule has 1 aromatic carbocycles. The Hall–Kier alpha value is -1.07. The number of aliphatic hydroxyl groups excluding tert-OH is 1. The zero-order valence-corrected chi connectivity index (χ0v) is 11.0. The number of rotatable bonds is 0. The summed E-state index contributed by atoms with van der Waals surface area (Å²) in [4.78, 5) is 0. The molecule has 0 bridgehead atoms. The summed E-state index contributed by atoms with van der Waals surface area (Å²) < 4.78 is 22.5. The summed E-state index contributed by atoms with van der Waals surface area (Å²) in [5, 5.41) is 9.65. The van der Waals surface area contributed by atoms with E-state index in [2.05, 4.69) is 32.9 Å². The van der Waals surface area contributed by atoms with Crippen molar-refractivity contribution < 1.29 is 36.4 Å². The Kier molecular flexibility index (Phi) is 17.2. The number of fused-ring (bicyclic) bond motifs is 1. The van der Waals surface area contributed by atoms with E-state index < -0.39 is 0 Å². The Labute approximate surface area is 117 Å². The Morgan fingerprint density at radius 3 is 1.94 bits per heavy atom. The van der Waals surface area contributed by atoms with E-state index in [0.717, 1.165) is 12.0 Å². The van der Waals surface area contributed by atoms with Gasteiger partial charge in [0.2, 0.25) is 0 Å². The van der Waals surface area contributed by atoms with Gasteiger partial charge in [0.1, 0.15) is 0 Å². The van der Waals surface area contributed by atoms with Gasteiger partial charge in [0.25, 0.3) is 0 Å². The van der Waals surface area contributed by atoms with Crippen molar-refractivity contribution >= 4 is 0 Å². The predicted octanol–water partition coefficient (Wildman–Crippen LogP) is 1.80. The largest absolute Gasteiger partial charge is 0 e. The van der Waals surface area contributed by atoms with Gasteiger partial charge in [0, 0.05) is 17.4 Å². The van der Waals surface area contributed by atoms with Crippen molar-refractivity contribution in [3.63, 3.8) is 0 Å². The van der Waals surface area contributed by atoms with Crippen molar-refractivity contribution in [2.75, 3.05) is 0 Å². The fourth-order valence-corrected chi connectivity index (χ4v) is 1.77. The summed E-state index contributed by atoms with van der Waals surface area (Å²) in [5.41, 5.74) is 2.44. The van der Waals surface area contributed by atoms with Crippen LogP contribution in [0, 0.1) is 25.9 Å². The van der Waals surface area contributed by atoms with Gasteiger partial charge in [-0.15, -0.1) is 0 Å². The molecule has 1 aliphatic rings. The van der Waals surface area contributed by atoms with Crippen LogP contribution in [0.4, 0.5) is 0 Å². The SMILES string of the molecule is C[C@@H]1Cc2ccccc2[C@H]1O.[C-]#[O+].[C-]#[O+].[C-]#[O+].[Cr]. The third kappa shape index (κ3) is 6.03. The van der Waals surface area contributed by atoms with Crippen molar-refractivity contribution in [1.29, 1.82) is 0 Å². The van der Waals surface area contributed by atoms with Crippen LogP contribution in [0.1, 0.15) is 24.2 Å². The topological polar surface area (TPSA) is 79.9 Å². The molecule has 0 amide bonds. The summed E-state index contributed by atoms with van der Waals surface area (Å²) >= 11 is 0. The maximum atomic E-state index is 9.65. The molecule has 4 nitrogen and oxygen atoms in total. The van der Waals surface area contributed by atoms with E-state index in [0.29, 0.717) is 5.92 Å². The van der Waals surface area contributed by atoms with Crippen molar-refractivity contribution in [3.05, 3.63) is 55.3 Å². The molecule has 18 heavy (non-hydrogen) atoms. The Balaban J connectivity index is -0.000000285. The van der Waals surface area contributed by atoms with Crippen molar-refractivity contribution in [2.45, 2.75) is 19.4 Å². The van der Waals surface area contributed by atoms with Gasteiger partial charge >= 0.3 is 33.9 Å². The molecule has 2 atom stereocenters. The summed E-state index contributed by atoms with van der Waals surface area (Å²) in [7, 11) is 0. The molecular weight excluding hydrogens is 272 g/mol. The van der Waals surface area contributed by atoms with Crippen LogP contribution >= 0.6 is 0 Å². The van der Waals surface area contributed by atoms with E-state index in [1.807, 2.05) is 18.2 Å². The third-order valence-corrected chi connectivity index (χ3v) is 2.45. The van der Waals surface area contributed by atoms with Gasteiger partial charge in [0.15, 0.2) is 0 Å². The molecule has 1 aromatic rings. The molecule has 0 fully saturated rings. The zero-order chi connectivity index (χ0) is 13.8. The molecule has 0 spiro atoms. The minimum atomic E-state index is -0.230. The van der Waals surface area contributed by atoms with Crippen LogP contribution in [0.3, 0.4) is 0 Å². The maximum absolute atomic E-state index is 9.65. The summed E-state index contributed by atoms with van der Waals surface area (Å²) in [6.07, 6.45) is 0.795. The van der Waals surface area contributed by atoms with E-state index >= 15 is 0 Å². The van der Waals surface area contributed by atoms with Gasteiger partial charge < -0.3 is 5.11 Å². The van der Waals surface area contributed by atoms with E-state index in [-0.39, 0.29) is 23.5 Å². The Morgan fingerprint density at radius 2 is 1.50 bits per heavy atom. The molecular formula is C13H12CrO4. The second-order valence-corrected chi connectivity index (χ2v) is 3.33. The van der Waals surface area contributed by atoms with Crippen molar-refractivity contribution in [3.8, 4) is 0 Å². The average Bonchev–Trinajstić information content (AvgIpc) is 2.73. The molecule has 0 radical (unpaired) electrons. The first-order valence-electron chi connectivity index (χ1n) is 4.66. The van der Waals surface area contributed by atoms with E-state index in [1.165, 1.54) is 5.56 Å². The van der Waals surface area contributed by atoms with Gasteiger partial charge in [-0.3, -0.25) is 0 Å². The summed E-state index contributed by atoms with van der Waals surface area (Å²) in [5.74, 6) is 0.396. The van der Waals surface area contributed by atoms with Crippen LogP contribution in [-0.2, 0) is 37.7 Å². The van der Waals surface area contributed by atoms with Crippen LogP contribution in [-0.4, -0.2) is 5.11 Å². The fraction of sp³-hybridized carbons (Fsp3) is 0.308. The minimum Gasteiger partial charge on any atom is 0 e. The molecule has 94 valence electrons. The number of hydrogen-bond acceptors (Lipinski definition) is 1. The fourth-order valence-electron chi connectivity index (χ4n) is 1.77. The number of aliphatic hydroxyl groups is 1. The van der Waals surface area contributed by atoms with Crippen LogP contribution in [0.5, 0.6) is 0 Å². The zero-order valence-electron chi connectivity index (χ0n) is 9.75. The molecule has 1 aliphatic carbocycles. The molecule has 0 aromatic heterocycles. The molecule has 0 heterocycles. The Morgan fingerprint density at radius 1 is 1.06 bits per heavy atom. The van der Waals surface area contributed by atoms with Crippen molar-refractivity contribution in [2.24, 2.45) is 5.92 Å². The minimum absolute atomic E-state index is 0. The second kappa shape index (κ2) is 14.0. The van der Waals surface area contributed by atoms with Gasteiger partial charge in [-0.05, 0) is 23.5 Å². The quantitative estimate of drug-likeness (QED) is 0.572. The Bertz CT molecular complexity index is 370. The normalized spacial score (nSPS) is 17.8. The first kappa shape index (κ1) is 22.1. The van der Waals surface area contributed by atoms with Gasteiger partial charge in [-0.25, -0.2) is 0 Å². The number of hydrogen-bond donors (Lipinski definition) is 1. The first-order chi connectivity index (χ1) is 8.29. The van der Waals surface area contributed by atoms with Gasteiger partial charge in [0.05, 0.1) is 6.10 Å². The molecule has 2 rings (SSSR count). The monoisotopic (exact) mass is 284 g/mol. The summed E-state index contributed by atoms with van der Waals surface area (Å²) in [6.45, 7) is 15.6. The molecule has 0 aliphatic heterocycles.